The van der Waals surface area contributed by atoms with Crippen molar-refractivity contribution < 1.29 is 10.2 Å². The summed E-state index contributed by atoms with van der Waals surface area (Å²) in [5, 5.41) is 28.5. The van der Waals surface area contributed by atoms with Gasteiger partial charge in [0.2, 0.25) is 0 Å². The number of nitrogens with one attached hydrogen (secondary N) is 1. The predicted octanol–water partition coefficient (Wildman–Crippen LogP) is 6.46. The van der Waals surface area contributed by atoms with E-state index < -0.39 is 0 Å². The number of aromatic amines is 1. The van der Waals surface area contributed by atoms with Crippen molar-refractivity contribution in [2.45, 2.75) is 72.6 Å². The van der Waals surface area contributed by atoms with Gasteiger partial charge in [-0.15, -0.1) is 0 Å². The molecule has 0 saturated heterocycles. The maximum absolute atomic E-state index is 11.0. The van der Waals surface area contributed by atoms with Crippen molar-refractivity contribution in [3.63, 3.8) is 0 Å². The van der Waals surface area contributed by atoms with Gasteiger partial charge in [-0.2, -0.15) is 5.10 Å². The summed E-state index contributed by atoms with van der Waals surface area (Å²) in [6, 6.07) is 1.82. The van der Waals surface area contributed by atoms with Gasteiger partial charge in [0.15, 0.2) is 0 Å². The smallest absolute Gasteiger partial charge is 0.130 e. The van der Waals surface area contributed by atoms with Gasteiger partial charge in [-0.1, -0.05) is 43.1 Å². The van der Waals surface area contributed by atoms with E-state index in [0.717, 1.165) is 55.2 Å². The number of unbranched alkanes of at least 4 members (excludes halogenated alkanes) is 2. The van der Waals surface area contributed by atoms with Crippen molar-refractivity contribution in [1.29, 1.82) is 0 Å². The Balaban J connectivity index is 2.30. The molecule has 0 fully saturated rings. The van der Waals surface area contributed by atoms with E-state index in [1.807, 2.05) is 6.07 Å². The lowest BCUT2D eigenvalue weighted by molar-refractivity contribution is 0.440. The SMILES string of the molecule is CCCCCc1cc(O)c(CC=C(C)CCC=C(C)C)c(O)c1-c1cn[nH]c1. The highest BCUT2D eigenvalue weighted by atomic mass is 16.3. The van der Waals surface area contributed by atoms with Crippen molar-refractivity contribution >= 4 is 0 Å². The summed E-state index contributed by atoms with van der Waals surface area (Å²) in [6.45, 7) is 8.48. The highest BCUT2D eigenvalue weighted by Crippen LogP contribution is 2.41. The molecule has 1 aromatic carbocycles. The number of hydrogen-bond donors (Lipinski definition) is 3. The minimum absolute atomic E-state index is 0.168. The van der Waals surface area contributed by atoms with Crippen molar-refractivity contribution in [2.75, 3.05) is 0 Å². The number of benzene rings is 1. The number of phenolic OH excluding ortho intramolecular Hbond substituents is 2. The number of aromatic nitrogens is 2. The van der Waals surface area contributed by atoms with Gasteiger partial charge in [-0.3, -0.25) is 5.10 Å². The number of nitrogens with zero attached hydrogens (tertiary/aromatic N) is 1. The lowest BCUT2D eigenvalue weighted by Gasteiger charge is -2.15. The highest BCUT2D eigenvalue weighted by molar-refractivity contribution is 5.76. The Hall–Kier alpha value is -2.49. The lowest BCUT2D eigenvalue weighted by atomic mass is 9.92. The van der Waals surface area contributed by atoms with E-state index in [1.165, 1.54) is 11.1 Å². The van der Waals surface area contributed by atoms with Crippen LogP contribution in [0.25, 0.3) is 11.1 Å². The van der Waals surface area contributed by atoms with Gasteiger partial charge in [0, 0.05) is 22.9 Å². The molecule has 0 unspecified atom stereocenters. The van der Waals surface area contributed by atoms with Crippen LogP contribution in [0.15, 0.2) is 41.8 Å². The first-order valence-electron chi connectivity index (χ1n) is 10.3. The standard InChI is InChI=1S/C24H34N2O2/c1-5-6-7-11-19-14-22(27)21(13-12-18(4)10-8-9-17(2)3)24(28)23(19)20-15-25-26-16-20/h9,12,14-16,27-28H,5-8,10-11,13H2,1-4H3,(H,25,26). The molecule has 3 N–H and O–H groups in total. The lowest BCUT2D eigenvalue weighted by Crippen LogP contribution is -1.96. The van der Waals surface area contributed by atoms with Crippen molar-refractivity contribution in [3.8, 4) is 22.6 Å². The van der Waals surface area contributed by atoms with E-state index in [-0.39, 0.29) is 11.5 Å². The van der Waals surface area contributed by atoms with Crippen LogP contribution < -0.4 is 0 Å². The van der Waals surface area contributed by atoms with E-state index in [9.17, 15) is 10.2 Å². The molecule has 0 saturated carbocycles. The van der Waals surface area contributed by atoms with Gasteiger partial charge in [0.25, 0.3) is 0 Å². The van der Waals surface area contributed by atoms with Crippen LogP contribution in [-0.4, -0.2) is 20.4 Å². The molecule has 4 heteroatoms. The summed E-state index contributed by atoms with van der Waals surface area (Å²) >= 11 is 0. The normalized spacial score (nSPS) is 11.6. The van der Waals surface area contributed by atoms with Crippen molar-refractivity contribution in [3.05, 3.63) is 52.9 Å². The van der Waals surface area contributed by atoms with E-state index in [2.05, 4.69) is 50.0 Å². The fourth-order valence-corrected chi connectivity index (χ4v) is 3.39. The third-order valence-electron chi connectivity index (χ3n) is 5.05. The largest absolute Gasteiger partial charge is 0.508 e. The molecule has 28 heavy (non-hydrogen) atoms. The van der Waals surface area contributed by atoms with Gasteiger partial charge in [0.05, 0.1) is 6.20 Å². The molecule has 4 nitrogen and oxygen atoms in total. The van der Waals surface area contributed by atoms with Crippen molar-refractivity contribution in [1.82, 2.24) is 10.2 Å². The molecule has 0 aliphatic rings. The summed E-state index contributed by atoms with van der Waals surface area (Å²) in [4.78, 5) is 0. The number of hydrogen-bond acceptors (Lipinski definition) is 3. The number of aryl methyl sites for hydroxylation is 1. The molecule has 0 spiro atoms. The highest BCUT2D eigenvalue weighted by Gasteiger charge is 2.18. The molecular formula is C24H34N2O2. The predicted molar refractivity (Wildman–Crippen MR) is 117 cm³/mol. The summed E-state index contributed by atoms with van der Waals surface area (Å²) in [6.07, 6.45) is 14.5. The van der Waals surface area contributed by atoms with Crippen LogP contribution in [0.1, 0.15) is 70.9 Å². The van der Waals surface area contributed by atoms with E-state index in [1.54, 1.807) is 12.4 Å². The summed E-state index contributed by atoms with van der Waals surface area (Å²) in [5.41, 5.74) is 5.78. The Labute approximate surface area is 169 Å². The van der Waals surface area contributed by atoms with Gasteiger partial charge in [0.1, 0.15) is 11.5 Å². The van der Waals surface area contributed by atoms with Crippen LogP contribution in [0, 0.1) is 0 Å². The zero-order chi connectivity index (χ0) is 20.5. The van der Waals surface area contributed by atoms with Crippen LogP contribution in [-0.2, 0) is 12.8 Å². The quantitative estimate of drug-likeness (QED) is 0.326. The molecule has 0 radical (unpaired) electrons. The first-order chi connectivity index (χ1) is 13.4. The molecule has 0 aliphatic heterocycles. The molecular weight excluding hydrogens is 348 g/mol. The second-order valence-corrected chi connectivity index (χ2v) is 7.78. The molecule has 1 heterocycles. The van der Waals surface area contributed by atoms with Gasteiger partial charge in [-0.25, -0.2) is 0 Å². The van der Waals surface area contributed by atoms with E-state index >= 15 is 0 Å². The Bertz CT molecular complexity index is 814. The number of aromatic hydroxyl groups is 2. The topological polar surface area (TPSA) is 69.1 Å². The third-order valence-corrected chi connectivity index (χ3v) is 5.05. The molecule has 152 valence electrons. The van der Waals surface area contributed by atoms with Crippen LogP contribution in [0.5, 0.6) is 11.5 Å². The minimum Gasteiger partial charge on any atom is -0.508 e. The Morgan fingerprint density at radius 2 is 1.93 bits per heavy atom. The molecule has 0 amide bonds. The molecule has 2 rings (SSSR count). The number of H-pyrrole nitrogens is 1. The number of rotatable bonds is 10. The van der Waals surface area contributed by atoms with Crippen molar-refractivity contribution in [2.24, 2.45) is 0 Å². The minimum atomic E-state index is 0.168. The first-order valence-corrected chi connectivity index (χ1v) is 10.3. The average molecular weight is 383 g/mol. The molecule has 2 aromatic rings. The van der Waals surface area contributed by atoms with Gasteiger partial charge in [-0.05, 0) is 64.5 Å². The zero-order valence-corrected chi connectivity index (χ0v) is 17.7. The average Bonchev–Trinajstić information content (AvgIpc) is 3.15. The van der Waals surface area contributed by atoms with Gasteiger partial charge >= 0.3 is 0 Å². The molecule has 0 aliphatic carbocycles. The third kappa shape index (κ3) is 6.01. The fourth-order valence-electron chi connectivity index (χ4n) is 3.39. The van der Waals surface area contributed by atoms with Crippen LogP contribution >= 0.6 is 0 Å². The number of allylic oxidation sites excluding steroid dienone is 4. The summed E-state index contributed by atoms with van der Waals surface area (Å²) in [5.74, 6) is 0.339. The fraction of sp³-hybridized carbons (Fsp3) is 0.458. The molecule has 0 atom stereocenters. The summed E-state index contributed by atoms with van der Waals surface area (Å²) in [7, 11) is 0. The van der Waals surface area contributed by atoms with Crippen LogP contribution in [0.3, 0.4) is 0 Å². The van der Waals surface area contributed by atoms with E-state index in [4.69, 9.17) is 0 Å². The molecule has 1 aromatic heterocycles. The first kappa shape index (κ1) is 21.8. The second-order valence-electron chi connectivity index (χ2n) is 7.78. The Kier molecular flexibility index (Phi) is 8.37. The van der Waals surface area contributed by atoms with Crippen LogP contribution in [0.4, 0.5) is 0 Å². The maximum atomic E-state index is 11.0. The summed E-state index contributed by atoms with van der Waals surface area (Å²) < 4.78 is 0. The van der Waals surface area contributed by atoms with Crippen LogP contribution in [0.2, 0.25) is 0 Å². The van der Waals surface area contributed by atoms with Gasteiger partial charge < -0.3 is 10.2 Å². The number of phenols is 2. The zero-order valence-electron chi connectivity index (χ0n) is 17.7. The van der Waals surface area contributed by atoms with E-state index in [0.29, 0.717) is 12.0 Å². The monoisotopic (exact) mass is 382 g/mol. The second kappa shape index (κ2) is 10.7. The molecule has 0 bridgehead atoms. The Morgan fingerprint density at radius 1 is 1.14 bits per heavy atom. The Morgan fingerprint density at radius 3 is 2.57 bits per heavy atom. The maximum Gasteiger partial charge on any atom is 0.130 e.